The number of imidazole rings is 1. The van der Waals surface area contributed by atoms with Gasteiger partial charge >= 0.3 is 5.97 Å². The van der Waals surface area contributed by atoms with Gasteiger partial charge in [-0.1, -0.05) is 0 Å². The maximum Gasteiger partial charge on any atom is 0.347 e. The molecule has 0 fully saturated rings. The average Bonchev–Trinajstić information content (AvgIpc) is 3.03. The Morgan fingerprint density at radius 3 is 2.90 bits per heavy atom. The van der Waals surface area contributed by atoms with Crippen molar-refractivity contribution in [1.82, 2.24) is 19.9 Å². The van der Waals surface area contributed by atoms with Crippen LogP contribution in [0.4, 0.5) is 0 Å². The van der Waals surface area contributed by atoms with Gasteiger partial charge in [0.1, 0.15) is 15.6 Å². The summed E-state index contributed by atoms with van der Waals surface area (Å²) in [6, 6.07) is 0. The maximum absolute atomic E-state index is 11.9. The van der Waals surface area contributed by atoms with Gasteiger partial charge < -0.3 is 20.7 Å². The van der Waals surface area contributed by atoms with E-state index in [9.17, 15) is 9.59 Å². The van der Waals surface area contributed by atoms with Crippen molar-refractivity contribution in [3.05, 3.63) is 33.8 Å². The highest BCUT2D eigenvalue weighted by Gasteiger charge is 2.15. The van der Waals surface area contributed by atoms with Gasteiger partial charge in [-0.15, -0.1) is 11.3 Å². The van der Waals surface area contributed by atoms with Crippen molar-refractivity contribution >= 4 is 23.2 Å². The van der Waals surface area contributed by atoms with E-state index in [4.69, 9.17) is 10.8 Å². The normalized spacial score (nSPS) is 10.6. The highest BCUT2D eigenvalue weighted by atomic mass is 32.1. The van der Waals surface area contributed by atoms with Crippen molar-refractivity contribution in [2.75, 3.05) is 6.54 Å². The third-order valence-corrected chi connectivity index (χ3v) is 3.83. The molecule has 0 aliphatic rings. The lowest BCUT2D eigenvalue weighted by molar-refractivity contribution is 0.0701. The number of aromatic carboxylic acids is 1. The molecule has 0 aromatic carbocycles. The molecule has 0 spiro atoms. The van der Waals surface area contributed by atoms with Crippen LogP contribution in [-0.4, -0.2) is 38.1 Å². The Bertz CT molecular complexity index is 664. The molecule has 0 atom stereocenters. The molecule has 0 bridgehead atoms. The molecule has 4 N–H and O–H groups in total. The third kappa shape index (κ3) is 3.64. The number of aromatic nitrogens is 3. The SMILES string of the molecule is Cc1nc(CNC(=O)c2cn(CCN)cn2)sc1C(=O)O. The molecule has 21 heavy (non-hydrogen) atoms. The Morgan fingerprint density at radius 1 is 1.52 bits per heavy atom. The zero-order valence-electron chi connectivity index (χ0n) is 11.4. The van der Waals surface area contributed by atoms with Crippen molar-refractivity contribution in [3.8, 4) is 0 Å². The minimum atomic E-state index is -1.01. The minimum absolute atomic E-state index is 0.168. The second kappa shape index (κ2) is 6.46. The number of hydrogen-bond acceptors (Lipinski definition) is 6. The number of amides is 1. The predicted molar refractivity (Wildman–Crippen MR) is 76.3 cm³/mol. The van der Waals surface area contributed by atoms with Gasteiger partial charge in [0.15, 0.2) is 0 Å². The number of nitrogens with two attached hydrogens (primary N) is 1. The summed E-state index contributed by atoms with van der Waals surface area (Å²) >= 11 is 1.05. The number of nitrogens with one attached hydrogen (secondary N) is 1. The Kier molecular flexibility index (Phi) is 4.66. The molecule has 2 rings (SSSR count). The van der Waals surface area contributed by atoms with Crippen molar-refractivity contribution in [3.63, 3.8) is 0 Å². The Morgan fingerprint density at radius 2 is 2.29 bits per heavy atom. The van der Waals surface area contributed by atoms with E-state index in [0.717, 1.165) is 11.3 Å². The largest absolute Gasteiger partial charge is 0.477 e. The van der Waals surface area contributed by atoms with E-state index in [2.05, 4.69) is 15.3 Å². The molecule has 2 aromatic heterocycles. The fourth-order valence-corrected chi connectivity index (χ4v) is 2.56. The summed E-state index contributed by atoms with van der Waals surface area (Å²) in [6.07, 6.45) is 3.15. The Balaban J connectivity index is 1.97. The van der Waals surface area contributed by atoms with Gasteiger partial charge in [-0.3, -0.25) is 4.79 Å². The van der Waals surface area contributed by atoms with Gasteiger partial charge in [-0.05, 0) is 6.92 Å². The summed E-state index contributed by atoms with van der Waals surface area (Å²) < 4.78 is 1.73. The fraction of sp³-hybridized carbons (Fsp3) is 0.333. The number of aryl methyl sites for hydroxylation is 1. The number of hydrogen-bond donors (Lipinski definition) is 3. The molecule has 0 aliphatic heterocycles. The van der Waals surface area contributed by atoms with Gasteiger partial charge in [0.2, 0.25) is 0 Å². The molecule has 8 nitrogen and oxygen atoms in total. The van der Waals surface area contributed by atoms with E-state index in [-0.39, 0.29) is 23.0 Å². The van der Waals surface area contributed by atoms with Gasteiger partial charge in [-0.2, -0.15) is 0 Å². The van der Waals surface area contributed by atoms with Crippen molar-refractivity contribution < 1.29 is 14.7 Å². The minimum Gasteiger partial charge on any atom is -0.477 e. The van der Waals surface area contributed by atoms with Crippen LogP contribution in [0.3, 0.4) is 0 Å². The molecule has 112 valence electrons. The first-order valence-corrected chi connectivity index (χ1v) is 7.02. The molecule has 2 aromatic rings. The lowest BCUT2D eigenvalue weighted by Gasteiger charge is -1.99. The summed E-state index contributed by atoms with van der Waals surface area (Å²) in [4.78, 5) is 31.1. The fourth-order valence-electron chi connectivity index (χ4n) is 1.72. The van der Waals surface area contributed by atoms with Crippen LogP contribution in [0.5, 0.6) is 0 Å². The highest BCUT2D eigenvalue weighted by molar-refractivity contribution is 7.13. The average molecular weight is 309 g/mol. The molecule has 0 saturated heterocycles. The molecule has 0 unspecified atom stereocenters. The predicted octanol–water partition coefficient (Wildman–Crippen LogP) is 0.235. The number of rotatable bonds is 6. The van der Waals surface area contributed by atoms with Crippen LogP contribution in [0, 0.1) is 6.92 Å². The summed E-state index contributed by atoms with van der Waals surface area (Å²) in [5.41, 5.74) is 6.15. The first-order valence-electron chi connectivity index (χ1n) is 6.21. The second-order valence-corrected chi connectivity index (χ2v) is 5.38. The number of carboxylic acids is 1. The number of carbonyl (C=O) groups excluding carboxylic acids is 1. The van der Waals surface area contributed by atoms with Crippen LogP contribution in [0.2, 0.25) is 0 Å². The molecule has 0 aliphatic carbocycles. The van der Waals surface area contributed by atoms with Gasteiger partial charge in [0, 0.05) is 19.3 Å². The molecule has 0 radical (unpaired) electrons. The lowest BCUT2D eigenvalue weighted by atomic mass is 10.4. The first kappa shape index (κ1) is 15.1. The number of carbonyl (C=O) groups is 2. The van der Waals surface area contributed by atoms with Crippen LogP contribution in [0.1, 0.15) is 30.9 Å². The van der Waals surface area contributed by atoms with Gasteiger partial charge in [0.25, 0.3) is 5.91 Å². The van der Waals surface area contributed by atoms with E-state index in [0.29, 0.717) is 23.8 Å². The quantitative estimate of drug-likeness (QED) is 0.702. The number of nitrogens with zero attached hydrogens (tertiary/aromatic N) is 3. The Hall–Kier alpha value is -2.26. The van der Waals surface area contributed by atoms with Gasteiger partial charge in [0.05, 0.1) is 18.6 Å². The standard InChI is InChI=1S/C12H15N5O3S/c1-7-10(12(19)20)21-9(16-7)4-14-11(18)8-5-17(3-2-13)6-15-8/h5-6H,2-4,13H2,1H3,(H,14,18)(H,19,20). The van der Waals surface area contributed by atoms with Crippen LogP contribution < -0.4 is 11.1 Å². The summed E-state index contributed by atoms with van der Waals surface area (Å²) in [5, 5.41) is 12.1. The monoisotopic (exact) mass is 309 g/mol. The topological polar surface area (TPSA) is 123 Å². The molecule has 2 heterocycles. The van der Waals surface area contributed by atoms with Crippen molar-refractivity contribution in [1.29, 1.82) is 0 Å². The summed E-state index contributed by atoms with van der Waals surface area (Å²) in [5.74, 6) is -1.35. The highest BCUT2D eigenvalue weighted by Crippen LogP contribution is 2.17. The van der Waals surface area contributed by atoms with E-state index in [1.54, 1.807) is 17.7 Å². The molecular weight excluding hydrogens is 294 g/mol. The van der Waals surface area contributed by atoms with Crippen LogP contribution >= 0.6 is 11.3 Å². The smallest absolute Gasteiger partial charge is 0.347 e. The second-order valence-electron chi connectivity index (χ2n) is 4.30. The number of thiazole rings is 1. The van der Waals surface area contributed by atoms with Gasteiger partial charge in [-0.25, -0.2) is 14.8 Å². The van der Waals surface area contributed by atoms with Crippen LogP contribution in [-0.2, 0) is 13.1 Å². The van der Waals surface area contributed by atoms with E-state index < -0.39 is 5.97 Å². The lowest BCUT2D eigenvalue weighted by Crippen LogP contribution is -2.23. The summed E-state index contributed by atoms with van der Waals surface area (Å²) in [7, 11) is 0. The first-order chi connectivity index (χ1) is 10.0. The van der Waals surface area contributed by atoms with Crippen LogP contribution in [0.15, 0.2) is 12.5 Å². The van der Waals surface area contributed by atoms with E-state index >= 15 is 0 Å². The molecule has 0 saturated carbocycles. The molecule has 9 heteroatoms. The maximum atomic E-state index is 11.9. The van der Waals surface area contributed by atoms with Crippen molar-refractivity contribution in [2.24, 2.45) is 5.73 Å². The molecule has 1 amide bonds. The van der Waals surface area contributed by atoms with Crippen LogP contribution in [0.25, 0.3) is 0 Å². The Labute approximate surface area is 124 Å². The summed E-state index contributed by atoms with van der Waals surface area (Å²) in [6.45, 7) is 2.85. The van der Waals surface area contributed by atoms with E-state index in [1.165, 1.54) is 6.33 Å². The molecular formula is C12H15N5O3S. The third-order valence-electron chi connectivity index (χ3n) is 2.69. The zero-order valence-corrected chi connectivity index (χ0v) is 12.2. The van der Waals surface area contributed by atoms with E-state index in [1.807, 2.05) is 0 Å². The zero-order chi connectivity index (χ0) is 15.4. The number of carboxylic acid groups (broad SMARTS) is 1. The van der Waals surface area contributed by atoms with Crippen molar-refractivity contribution in [2.45, 2.75) is 20.0 Å².